The van der Waals surface area contributed by atoms with Gasteiger partial charge in [0.1, 0.15) is 5.75 Å². The normalized spacial score (nSPS) is 10.9. The molecule has 0 saturated carbocycles. The number of pyridine rings is 1. The van der Waals surface area contributed by atoms with Crippen molar-refractivity contribution in [2.24, 2.45) is 0 Å². The predicted octanol–water partition coefficient (Wildman–Crippen LogP) is 3.81. The fraction of sp³-hybridized carbons (Fsp3) is 0.235. The zero-order valence-corrected chi connectivity index (χ0v) is 11.9. The smallest absolute Gasteiger partial charge is 0.128 e. The molecule has 20 heavy (non-hydrogen) atoms. The van der Waals surface area contributed by atoms with Gasteiger partial charge in [-0.05, 0) is 36.8 Å². The number of rotatable bonds is 6. The van der Waals surface area contributed by atoms with E-state index in [1.54, 1.807) is 13.3 Å². The molecule has 0 N–H and O–H groups in total. The summed E-state index contributed by atoms with van der Waals surface area (Å²) in [6.45, 7) is 3.34. The SMILES string of the molecule is CCOC/C=C/c1ccc(-c2ccccn2)c(OC)c1. The maximum absolute atomic E-state index is 5.46. The van der Waals surface area contributed by atoms with E-state index in [9.17, 15) is 0 Å². The van der Waals surface area contributed by atoms with Gasteiger partial charge in [0, 0.05) is 18.4 Å². The number of nitrogens with zero attached hydrogens (tertiary/aromatic N) is 1. The minimum Gasteiger partial charge on any atom is -0.496 e. The van der Waals surface area contributed by atoms with E-state index in [0.717, 1.165) is 29.2 Å². The molecular formula is C17H19NO2. The molecule has 0 unspecified atom stereocenters. The molecule has 0 bridgehead atoms. The highest BCUT2D eigenvalue weighted by Crippen LogP contribution is 2.29. The van der Waals surface area contributed by atoms with E-state index in [0.29, 0.717) is 6.61 Å². The predicted molar refractivity (Wildman–Crippen MR) is 81.8 cm³/mol. The Morgan fingerprint density at radius 3 is 2.80 bits per heavy atom. The van der Waals surface area contributed by atoms with Gasteiger partial charge in [0.2, 0.25) is 0 Å². The Morgan fingerprint density at radius 1 is 1.20 bits per heavy atom. The number of ether oxygens (including phenoxy) is 2. The van der Waals surface area contributed by atoms with Crippen LogP contribution in [0, 0.1) is 0 Å². The van der Waals surface area contributed by atoms with E-state index in [2.05, 4.69) is 11.1 Å². The third-order valence-corrected chi connectivity index (χ3v) is 2.89. The summed E-state index contributed by atoms with van der Waals surface area (Å²) in [5.74, 6) is 0.822. The average Bonchev–Trinajstić information content (AvgIpc) is 2.52. The first-order chi connectivity index (χ1) is 9.85. The zero-order chi connectivity index (χ0) is 14.2. The Hall–Kier alpha value is -2.13. The first kappa shape index (κ1) is 14.3. The molecule has 1 heterocycles. The standard InChI is InChI=1S/C17H19NO2/c1-3-20-12-6-7-14-9-10-15(17(13-14)19-2)16-8-4-5-11-18-16/h4-11,13H,3,12H2,1-2H3/b7-6+. The van der Waals surface area contributed by atoms with E-state index in [4.69, 9.17) is 9.47 Å². The van der Waals surface area contributed by atoms with Gasteiger partial charge in [-0.2, -0.15) is 0 Å². The van der Waals surface area contributed by atoms with Gasteiger partial charge in [0.15, 0.2) is 0 Å². The first-order valence-electron chi connectivity index (χ1n) is 6.69. The molecule has 0 atom stereocenters. The van der Waals surface area contributed by atoms with Gasteiger partial charge < -0.3 is 9.47 Å². The molecule has 1 aromatic carbocycles. The lowest BCUT2D eigenvalue weighted by molar-refractivity contribution is 0.178. The van der Waals surface area contributed by atoms with Crippen molar-refractivity contribution in [3.8, 4) is 17.0 Å². The summed E-state index contributed by atoms with van der Waals surface area (Å²) in [6, 6.07) is 11.9. The lowest BCUT2D eigenvalue weighted by Crippen LogP contribution is -1.91. The topological polar surface area (TPSA) is 31.4 Å². The number of aromatic nitrogens is 1. The lowest BCUT2D eigenvalue weighted by atomic mass is 10.1. The van der Waals surface area contributed by atoms with Crippen LogP contribution in [-0.4, -0.2) is 25.3 Å². The maximum atomic E-state index is 5.46. The Kier molecular flexibility index (Phi) is 5.33. The van der Waals surface area contributed by atoms with Crippen LogP contribution in [0.4, 0.5) is 0 Å². The van der Waals surface area contributed by atoms with Crippen LogP contribution in [0.2, 0.25) is 0 Å². The van der Waals surface area contributed by atoms with Crippen molar-refractivity contribution in [3.05, 3.63) is 54.2 Å². The number of methoxy groups -OCH3 is 1. The molecule has 0 aliphatic carbocycles. The van der Waals surface area contributed by atoms with Gasteiger partial charge in [-0.1, -0.05) is 24.3 Å². The number of benzene rings is 1. The Morgan fingerprint density at radius 2 is 2.10 bits per heavy atom. The van der Waals surface area contributed by atoms with Crippen LogP contribution >= 0.6 is 0 Å². The van der Waals surface area contributed by atoms with Gasteiger partial charge in [-0.3, -0.25) is 4.98 Å². The second-order valence-electron chi connectivity index (χ2n) is 4.24. The molecule has 3 nitrogen and oxygen atoms in total. The zero-order valence-electron chi connectivity index (χ0n) is 11.9. The minimum absolute atomic E-state index is 0.626. The first-order valence-corrected chi connectivity index (χ1v) is 6.69. The second-order valence-corrected chi connectivity index (χ2v) is 4.24. The molecule has 2 rings (SSSR count). The molecule has 0 aliphatic heterocycles. The molecule has 0 spiro atoms. The van der Waals surface area contributed by atoms with Crippen molar-refractivity contribution in [1.29, 1.82) is 0 Å². The van der Waals surface area contributed by atoms with E-state index < -0.39 is 0 Å². The summed E-state index contributed by atoms with van der Waals surface area (Å²) in [7, 11) is 1.68. The van der Waals surface area contributed by atoms with Crippen LogP contribution in [0.25, 0.3) is 17.3 Å². The fourth-order valence-electron chi connectivity index (χ4n) is 1.92. The molecule has 0 amide bonds. The highest BCUT2D eigenvalue weighted by Gasteiger charge is 2.06. The maximum Gasteiger partial charge on any atom is 0.128 e. The van der Waals surface area contributed by atoms with Crippen molar-refractivity contribution < 1.29 is 9.47 Å². The molecule has 2 aromatic rings. The van der Waals surface area contributed by atoms with Crippen molar-refractivity contribution in [1.82, 2.24) is 4.98 Å². The molecule has 104 valence electrons. The average molecular weight is 269 g/mol. The molecule has 0 fully saturated rings. The van der Waals surface area contributed by atoms with Gasteiger partial charge in [-0.15, -0.1) is 0 Å². The largest absolute Gasteiger partial charge is 0.496 e. The fourth-order valence-corrected chi connectivity index (χ4v) is 1.92. The third-order valence-electron chi connectivity index (χ3n) is 2.89. The Bertz CT molecular complexity index is 564. The van der Waals surface area contributed by atoms with Crippen LogP contribution in [0.5, 0.6) is 5.75 Å². The van der Waals surface area contributed by atoms with Crippen LogP contribution in [-0.2, 0) is 4.74 Å². The minimum atomic E-state index is 0.626. The summed E-state index contributed by atoms with van der Waals surface area (Å²) in [5, 5.41) is 0. The summed E-state index contributed by atoms with van der Waals surface area (Å²) >= 11 is 0. The van der Waals surface area contributed by atoms with Gasteiger partial charge in [-0.25, -0.2) is 0 Å². The summed E-state index contributed by atoms with van der Waals surface area (Å²) in [4.78, 5) is 4.36. The monoisotopic (exact) mass is 269 g/mol. The molecule has 3 heteroatoms. The Balaban J connectivity index is 2.22. The summed E-state index contributed by atoms with van der Waals surface area (Å²) in [6.07, 6.45) is 5.81. The number of hydrogen-bond acceptors (Lipinski definition) is 3. The summed E-state index contributed by atoms with van der Waals surface area (Å²) < 4.78 is 10.7. The van der Waals surface area contributed by atoms with Crippen LogP contribution < -0.4 is 4.74 Å². The quantitative estimate of drug-likeness (QED) is 0.747. The molecule has 0 radical (unpaired) electrons. The number of hydrogen-bond donors (Lipinski definition) is 0. The van der Waals surface area contributed by atoms with Crippen molar-refractivity contribution >= 4 is 6.08 Å². The van der Waals surface area contributed by atoms with Crippen LogP contribution in [0.15, 0.2) is 48.7 Å². The van der Waals surface area contributed by atoms with E-state index in [1.807, 2.05) is 49.4 Å². The third kappa shape index (κ3) is 3.68. The van der Waals surface area contributed by atoms with Gasteiger partial charge >= 0.3 is 0 Å². The molecular weight excluding hydrogens is 250 g/mol. The summed E-state index contributed by atoms with van der Waals surface area (Å²) in [5.41, 5.74) is 2.99. The van der Waals surface area contributed by atoms with Crippen LogP contribution in [0.3, 0.4) is 0 Å². The highest BCUT2D eigenvalue weighted by molar-refractivity contribution is 5.70. The van der Waals surface area contributed by atoms with E-state index >= 15 is 0 Å². The van der Waals surface area contributed by atoms with Crippen molar-refractivity contribution in [2.75, 3.05) is 20.3 Å². The second kappa shape index (κ2) is 7.46. The van der Waals surface area contributed by atoms with Crippen molar-refractivity contribution in [3.63, 3.8) is 0 Å². The van der Waals surface area contributed by atoms with E-state index in [1.165, 1.54) is 0 Å². The van der Waals surface area contributed by atoms with Crippen LogP contribution in [0.1, 0.15) is 12.5 Å². The molecule has 1 aromatic heterocycles. The van der Waals surface area contributed by atoms with Gasteiger partial charge in [0.25, 0.3) is 0 Å². The van der Waals surface area contributed by atoms with E-state index in [-0.39, 0.29) is 0 Å². The molecule has 0 saturated heterocycles. The van der Waals surface area contributed by atoms with Gasteiger partial charge in [0.05, 0.1) is 19.4 Å². The molecule has 0 aliphatic rings. The van der Waals surface area contributed by atoms with Crippen molar-refractivity contribution in [2.45, 2.75) is 6.92 Å². The Labute approximate surface area is 119 Å². The lowest BCUT2D eigenvalue weighted by Gasteiger charge is -2.08. The highest BCUT2D eigenvalue weighted by atomic mass is 16.5.